The zero-order valence-electron chi connectivity index (χ0n) is 11.6. The van der Waals surface area contributed by atoms with Crippen LogP contribution in [0.25, 0.3) is 0 Å². The van der Waals surface area contributed by atoms with Crippen LogP contribution in [0.15, 0.2) is 30.3 Å². The Kier molecular flexibility index (Phi) is 4.03. The third-order valence-corrected chi connectivity index (χ3v) is 4.12. The summed E-state index contributed by atoms with van der Waals surface area (Å²) in [4.78, 5) is 25.3. The molecule has 0 radical (unpaired) electrons. The van der Waals surface area contributed by atoms with Gasteiger partial charge in [-0.1, -0.05) is 50.6 Å². The highest BCUT2D eigenvalue weighted by atomic mass is 16.2. The van der Waals surface area contributed by atoms with E-state index in [1.807, 2.05) is 32.0 Å². The molecule has 1 aliphatic heterocycles. The third-order valence-electron chi connectivity index (χ3n) is 4.12. The van der Waals surface area contributed by atoms with E-state index in [2.05, 4.69) is 5.32 Å². The monoisotopic (exact) mass is 259 g/mol. The summed E-state index contributed by atoms with van der Waals surface area (Å²) >= 11 is 0. The Labute approximate surface area is 114 Å². The number of Topliss-reactive ketones (excluding diaryl/α,β-unsaturated/α-hetero) is 1. The van der Waals surface area contributed by atoms with Crippen molar-refractivity contribution in [1.82, 2.24) is 5.32 Å². The molecule has 1 heterocycles. The van der Waals surface area contributed by atoms with E-state index in [-0.39, 0.29) is 17.6 Å². The van der Waals surface area contributed by atoms with Gasteiger partial charge in [0.25, 0.3) is 0 Å². The number of rotatable bonds is 3. The van der Waals surface area contributed by atoms with Gasteiger partial charge in [0.05, 0.1) is 0 Å². The minimum absolute atomic E-state index is 0.00157. The minimum atomic E-state index is -0.905. The molecule has 102 valence electrons. The Morgan fingerprint density at radius 3 is 2.53 bits per heavy atom. The van der Waals surface area contributed by atoms with Gasteiger partial charge in [0.2, 0.25) is 5.91 Å². The van der Waals surface area contributed by atoms with Gasteiger partial charge in [-0.25, -0.2) is 0 Å². The van der Waals surface area contributed by atoms with E-state index in [1.54, 1.807) is 12.1 Å². The molecule has 1 unspecified atom stereocenters. The smallest absolute Gasteiger partial charge is 0.234 e. The van der Waals surface area contributed by atoms with Crippen LogP contribution in [-0.4, -0.2) is 18.2 Å². The molecule has 2 rings (SSSR count). The van der Waals surface area contributed by atoms with Crippen LogP contribution in [0, 0.1) is 11.3 Å². The molecule has 0 aromatic heterocycles. The van der Waals surface area contributed by atoms with Crippen molar-refractivity contribution in [3.8, 4) is 0 Å². The van der Waals surface area contributed by atoms with E-state index in [9.17, 15) is 9.59 Å². The molecule has 1 saturated heterocycles. The molecule has 0 aliphatic carbocycles. The maximum Gasteiger partial charge on any atom is 0.234 e. The summed E-state index contributed by atoms with van der Waals surface area (Å²) in [5.74, 6) is -0.144. The van der Waals surface area contributed by atoms with Crippen LogP contribution >= 0.6 is 0 Å². The molecule has 1 N–H and O–H groups in total. The first-order valence-corrected chi connectivity index (χ1v) is 6.97. The number of nitrogens with one attached hydrogen (secondary N) is 1. The van der Waals surface area contributed by atoms with Crippen molar-refractivity contribution in [3.05, 3.63) is 35.9 Å². The van der Waals surface area contributed by atoms with Gasteiger partial charge in [-0.15, -0.1) is 0 Å². The van der Waals surface area contributed by atoms with Crippen molar-refractivity contribution >= 4 is 11.7 Å². The standard InChI is InChI=1S/C16H21NO2/c1-12(2)16(10-6-7-11-17-15(16)19)14(18)13-8-4-3-5-9-13/h3-5,8-9,12H,6-7,10-11H2,1-2H3,(H,17,19). The molecule has 0 bridgehead atoms. The highest BCUT2D eigenvalue weighted by Crippen LogP contribution is 2.38. The van der Waals surface area contributed by atoms with Crippen molar-refractivity contribution < 1.29 is 9.59 Å². The molecule has 1 fully saturated rings. The van der Waals surface area contributed by atoms with Gasteiger partial charge in [0, 0.05) is 12.1 Å². The number of hydrogen-bond acceptors (Lipinski definition) is 2. The quantitative estimate of drug-likeness (QED) is 0.670. The van der Waals surface area contributed by atoms with Crippen LogP contribution in [-0.2, 0) is 4.79 Å². The first-order valence-electron chi connectivity index (χ1n) is 6.97. The number of ketones is 1. The number of amides is 1. The van der Waals surface area contributed by atoms with Gasteiger partial charge < -0.3 is 5.32 Å². The summed E-state index contributed by atoms with van der Waals surface area (Å²) in [5, 5.41) is 2.91. The average molecular weight is 259 g/mol. The van der Waals surface area contributed by atoms with Gasteiger partial charge in [-0.3, -0.25) is 9.59 Å². The Hall–Kier alpha value is -1.64. The van der Waals surface area contributed by atoms with E-state index >= 15 is 0 Å². The summed E-state index contributed by atoms with van der Waals surface area (Å²) in [5.41, 5.74) is -0.272. The first kappa shape index (κ1) is 13.8. The van der Waals surface area contributed by atoms with Crippen LogP contribution in [0.1, 0.15) is 43.5 Å². The lowest BCUT2D eigenvalue weighted by Gasteiger charge is -2.33. The second kappa shape index (κ2) is 5.55. The second-order valence-electron chi connectivity index (χ2n) is 5.53. The molecule has 0 saturated carbocycles. The van der Waals surface area contributed by atoms with E-state index in [1.165, 1.54) is 0 Å². The van der Waals surface area contributed by atoms with E-state index < -0.39 is 5.41 Å². The van der Waals surface area contributed by atoms with Crippen LogP contribution < -0.4 is 5.32 Å². The fraction of sp³-hybridized carbons (Fsp3) is 0.500. The number of hydrogen-bond donors (Lipinski definition) is 1. The average Bonchev–Trinajstić information content (AvgIpc) is 2.61. The van der Waals surface area contributed by atoms with Gasteiger partial charge in [0.1, 0.15) is 5.41 Å². The topological polar surface area (TPSA) is 46.2 Å². The molecule has 1 aliphatic rings. The Bertz CT molecular complexity index is 467. The molecule has 0 spiro atoms. The zero-order valence-corrected chi connectivity index (χ0v) is 11.6. The Morgan fingerprint density at radius 1 is 1.21 bits per heavy atom. The molecular formula is C16H21NO2. The van der Waals surface area contributed by atoms with Crippen molar-refractivity contribution in [2.24, 2.45) is 11.3 Å². The van der Waals surface area contributed by atoms with E-state index in [4.69, 9.17) is 0 Å². The second-order valence-corrected chi connectivity index (χ2v) is 5.53. The van der Waals surface area contributed by atoms with Crippen LogP contribution in [0.5, 0.6) is 0 Å². The predicted molar refractivity (Wildman–Crippen MR) is 74.9 cm³/mol. The fourth-order valence-electron chi connectivity index (χ4n) is 2.88. The highest BCUT2D eigenvalue weighted by molar-refractivity contribution is 6.14. The highest BCUT2D eigenvalue weighted by Gasteiger charge is 2.48. The maximum absolute atomic E-state index is 12.9. The van der Waals surface area contributed by atoms with Gasteiger partial charge >= 0.3 is 0 Å². The van der Waals surface area contributed by atoms with Crippen molar-refractivity contribution in [2.45, 2.75) is 33.1 Å². The van der Waals surface area contributed by atoms with Crippen LogP contribution in [0.2, 0.25) is 0 Å². The summed E-state index contributed by atoms with van der Waals surface area (Å²) in [7, 11) is 0. The SMILES string of the molecule is CC(C)C1(C(=O)c2ccccc2)CCCCNC1=O. The Morgan fingerprint density at radius 2 is 1.89 bits per heavy atom. The molecule has 1 atom stereocenters. The van der Waals surface area contributed by atoms with Crippen molar-refractivity contribution in [2.75, 3.05) is 6.54 Å². The molecule has 3 heteroatoms. The number of carbonyl (C=O) groups is 2. The van der Waals surface area contributed by atoms with Crippen molar-refractivity contribution in [3.63, 3.8) is 0 Å². The maximum atomic E-state index is 12.9. The lowest BCUT2D eigenvalue weighted by Crippen LogP contribution is -2.48. The normalized spacial score (nSPS) is 23.8. The summed E-state index contributed by atoms with van der Waals surface area (Å²) in [6, 6.07) is 9.16. The molecule has 3 nitrogen and oxygen atoms in total. The summed E-state index contributed by atoms with van der Waals surface area (Å²) in [6.45, 7) is 4.60. The lowest BCUT2D eigenvalue weighted by molar-refractivity contribution is -0.130. The predicted octanol–water partition coefficient (Wildman–Crippen LogP) is 2.81. The first-order chi connectivity index (χ1) is 9.09. The van der Waals surface area contributed by atoms with E-state index in [0.29, 0.717) is 18.5 Å². The zero-order chi connectivity index (χ0) is 13.9. The Balaban J connectivity index is 2.44. The van der Waals surface area contributed by atoms with Crippen LogP contribution in [0.4, 0.5) is 0 Å². The van der Waals surface area contributed by atoms with Crippen LogP contribution in [0.3, 0.4) is 0 Å². The molecule has 1 aromatic carbocycles. The number of benzene rings is 1. The summed E-state index contributed by atoms with van der Waals surface area (Å²) < 4.78 is 0. The van der Waals surface area contributed by atoms with Gasteiger partial charge in [-0.2, -0.15) is 0 Å². The molecule has 1 aromatic rings. The van der Waals surface area contributed by atoms with Gasteiger partial charge in [-0.05, 0) is 18.8 Å². The van der Waals surface area contributed by atoms with Gasteiger partial charge in [0.15, 0.2) is 5.78 Å². The van der Waals surface area contributed by atoms with E-state index in [0.717, 1.165) is 12.8 Å². The third kappa shape index (κ3) is 2.42. The molecular weight excluding hydrogens is 238 g/mol. The van der Waals surface area contributed by atoms with Crippen molar-refractivity contribution in [1.29, 1.82) is 0 Å². The fourth-order valence-corrected chi connectivity index (χ4v) is 2.88. The summed E-state index contributed by atoms with van der Waals surface area (Å²) in [6.07, 6.45) is 2.50. The minimum Gasteiger partial charge on any atom is -0.355 e. The molecule has 19 heavy (non-hydrogen) atoms. The lowest BCUT2D eigenvalue weighted by atomic mass is 9.68. The number of carbonyl (C=O) groups excluding carboxylic acids is 2. The molecule has 1 amide bonds. The largest absolute Gasteiger partial charge is 0.355 e.